The Morgan fingerprint density at radius 2 is 2.07 bits per heavy atom. The molecule has 1 rings (SSSR count). The molecule has 1 aromatic carbocycles. The first kappa shape index (κ1) is 12.7. The summed E-state index contributed by atoms with van der Waals surface area (Å²) in [6, 6.07) is 5.47. The van der Waals surface area contributed by atoms with Gasteiger partial charge in [0.25, 0.3) is 0 Å². The third-order valence-corrected chi connectivity index (χ3v) is 4.57. The summed E-state index contributed by atoms with van der Waals surface area (Å²) in [5, 5.41) is 8.62. The van der Waals surface area contributed by atoms with Crippen LogP contribution in [0.1, 0.15) is 11.1 Å². The summed E-state index contributed by atoms with van der Waals surface area (Å²) in [6.07, 6.45) is 0. The van der Waals surface area contributed by atoms with Crippen LogP contribution in [0.2, 0.25) is 0 Å². The predicted octanol–water partition coefficient (Wildman–Crippen LogP) is 1.66. The van der Waals surface area contributed by atoms with Gasteiger partial charge in [-0.15, -0.1) is 0 Å². The number of hydrogen-bond donors (Lipinski definition) is 1. The standard InChI is InChI=1S/C10H13BrO3S/c1-8-9(3-2-4-10(8)11)7-15(13,14)6-5-12/h2-4,12H,5-7H2,1H3. The predicted molar refractivity (Wildman–Crippen MR) is 63.5 cm³/mol. The number of aliphatic hydroxyl groups excluding tert-OH is 1. The minimum Gasteiger partial charge on any atom is -0.395 e. The van der Waals surface area contributed by atoms with Gasteiger partial charge < -0.3 is 5.11 Å². The van der Waals surface area contributed by atoms with E-state index in [4.69, 9.17) is 5.11 Å². The van der Waals surface area contributed by atoms with E-state index in [2.05, 4.69) is 15.9 Å². The molecular formula is C10H13BrO3S. The maximum Gasteiger partial charge on any atom is 0.156 e. The second-order valence-electron chi connectivity index (χ2n) is 3.34. The zero-order valence-electron chi connectivity index (χ0n) is 8.40. The highest BCUT2D eigenvalue weighted by Crippen LogP contribution is 2.21. The Morgan fingerprint density at radius 1 is 1.40 bits per heavy atom. The topological polar surface area (TPSA) is 54.4 Å². The van der Waals surface area contributed by atoms with Gasteiger partial charge in [-0.05, 0) is 24.1 Å². The van der Waals surface area contributed by atoms with E-state index < -0.39 is 9.84 Å². The van der Waals surface area contributed by atoms with Gasteiger partial charge in [-0.1, -0.05) is 28.1 Å². The summed E-state index contributed by atoms with van der Waals surface area (Å²) < 4.78 is 23.9. The third-order valence-electron chi connectivity index (χ3n) is 2.16. The number of benzene rings is 1. The van der Waals surface area contributed by atoms with E-state index in [0.717, 1.165) is 15.6 Å². The van der Waals surface area contributed by atoms with E-state index in [1.165, 1.54) is 0 Å². The highest BCUT2D eigenvalue weighted by Gasteiger charge is 2.13. The van der Waals surface area contributed by atoms with Gasteiger partial charge in [-0.3, -0.25) is 0 Å². The highest BCUT2D eigenvalue weighted by atomic mass is 79.9. The lowest BCUT2D eigenvalue weighted by Gasteiger charge is -2.07. The van der Waals surface area contributed by atoms with Crippen molar-refractivity contribution < 1.29 is 13.5 Å². The number of aliphatic hydroxyl groups is 1. The van der Waals surface area contributed by atoms with E-state index in [1.54, 1.807) is 12.1 Å². The number of hydrogen-bond acceptors (Lipinski definition) is 3. The van der Waals surface area contributed by atoms with Crippen LogP contribution in [-0.2, 0) is 15.6 Å². The van der Waals surface area contributed by atoms with Crippen molar-refractivity contribution in [2.24, 2.45) is 0 Å². The molecule has 0 aliphatic carbocycles. The number of halogens is 1. The average molecular weight is 293 g/mol. The van der Waals surface area contributed by atoms with Crippen LogP contribution in [-0.4, -0.2) is 25.9 Å². The summed E-state index contributed by atoms with van der Waals surface area (Å²) in [5.74, 6) is -0.197. The molecule has 0 amide bonds. The van der Waals surface area contributed by atoms with Crippen molar-refractivity contribution in [3.8, 4) is 0 Å². The summed E-state index contributed by atoms with van der Waals surface area (Å²) >= 11 is 3.35. The first-order chi connectivity index (χ1) is 6.96. The Balaban J connectivity index is 2.95. The average Bonchev–Trinajstić information content (AvgIpc) is 2.12. The SMILES string of the molecule is Cc1c(Br)cccc1CS(=O)(=O)CCO. The van der Waals surface area contributed by atoms with Gasteiger partial charge in [-0.25, -0.2) is 8.42 Å². The molecule has 0 aromatic heterocycles. The zero-order valence-corrected chi connectivity index (χ0v) is 10.8. The van der Waals surface area contributed by atoms with E-state index >= 15 is 0 Å². The lowest BCUT2D eigenvalue weighted by molar-refractivity contribution is 0.319. The lowest BCUT2D eigenvalue weighted by atomic mass is 10.1. The van der Waals surface area contributed by atoms with E-state index in [1.807, 2.05) is 13.0 Å². The maximum atomic E-state index is 11.5. The Hall–Kier alpha value is -0.390. The van der Waals surface area contributed by atoms with Gasteiger partial charge in [0.05, 0.1) is 18.1 Å². The maximum absolute atomic E-state index is 11.5. The fourth-order valence-corrected chi connectivity index (χ4v) is 2.87. The van der Waals surface area contributed by atoms with Crippen molar-refractivity contribution in [2.75, 3.05) is 12.4 Å². The fourth-order valence-electron chi connectivity index (χ4n) is 1.26. The monoisotopic (exact) mass is 292 g/mol. The summed E-state index contributed by atoms with van der Waals surface area (Å²) in [4.78, 5) is 0. The van der Waals surface area contributed by atoms with Crippen molar-refractivity contribution in [3.05, 3.63) is 33.8 Å². The molecule has 0 spiro atoms. The molecular weight excluding hydrogens is 280 g/mol. The van der Waals surface area contributed by atoms with Crippen LogP contribution in [0.25, 0.3) is 0 Å². The van der Waals surface area contributed by atoms with Gasteiger partial charge in [0.15, 0.2) is 9.84 Å². The second kappa shape index (κ2) is 5.09. The van der Waals surface area contributed by atoms with E-state index in [-0.39, 0.29) is 18.1 Å². The molecule has 0 heterocycles. The normalized spacial score (nSPS) is 11.7. The molecule has 1 aromatic rings. The second-order valence-corrected chi connectivity index (χ2v) is 6.38. The van der Waals surface area contributed by atoms with Crippen LogP contribution >= 0.6 is 15.9 Å². The molecule has 3 nitrogen and oxygen atoms in total. The Kier molecular flexibility index (Phi) is 4.31. The van der Waals surface area contributed by atoms with Gasteiger partial charge in [-0.2, -0.15) is 0 Å². The van der Waals surface area contributed by atoms with Crippen LogP contribution in [0.3, 0.4) is 0 Å². The smallest absolute Gasteiger partial charge is 0.156 e. The van der Waals surface area contributed by atoms with Crippen LogP contribution in [0.15, 0.2) is 22.7 Å². The Labute approximate surface area is 98.2 Å². The minimum absolute atomic E-state index is 0.0150. The van der Waals surface area contributed by atoms with Crippen LogP contribution < -0.4 is 0 Å². The van der Waals surface area contributed by atoms with Gasteiger partial charge in [0.1, 0.15) is 0 Å². The van der Waals surface area contributed by atoms with E-state index in [9.17, 15) is 8.42 Å². The Morgan fingerprint density at radius 3 is 2.67 bits per heavy atom. The van der Waals surface area contributed by atoms with Crippen molar-refractivity contribution in [2.45, 2.75) is 12.7 Å². The molecule has 1 N–H and O–H groups in total. The van der Waals surface area contributed by atoms with Gasteiger partial charge >= 0.3 is 0 Å². The number of sulfone groups is 1. The molecule has 0 aliphatic heterocycles. The van der Waals surface area contributed by atoms with Gasteiger partial charge in [0.2, 0.25) is 0 Å². The summed E-state index contributed by atoms with van der Waals surface area (Å²) in [6.45, 7) is 1.54. The minimum atomic E-state index is -3.19. The molecule has 0 fully saturated rings. The van der Waals surface area contributed by atoms with Crippen molar-refractivity contribution in [1.82, 2.24) is 0 Å². The van der Waals surface area contributed by atoms with Crippen LogP contribution in [0.4, 0.5) is 0 Å². The first-order valence-corrected chi connectivity index (χ1v) is 7.13. The van der Waals surface area contributed by atoms with Crippen LogP contribution in [0.5, 0.6) is 0 Å². The molecule has 15 heavy (non-hydrogen) atoms. The molecule has 0 saturated carbocycles. The first-order valence-electron chi connectivity index (χ1n) is 4.51. The molecule has 0 atom stereocenters. The molecule has 0 unspecified atom stereocenters. The molecule has 84 valence electrons. The number of rotatable bonds is 4. The van der Waals surface area contributed by atoms with Crippen molar-refractivity contribution in [1.29, 1.82) is 0 Å². The van der Waals surface area contributed by atoms with Gasteiger partial charge in [0, 0.05) is 4.47 Å². The molecule has 0 aliphatic rings. The Bertz CT molecular complexity index is 440. The summed E-state index contributed by atoms with van der Waals surface area (Å²) in [5.41, 5.74) is 1.71. The van der Waals surface area contributed by atoms with Crippen LogP contribution in [0, 0.1) is 6.92 Å². The van der Waals surface area contributed by atoms with Crippen molar-refractivity contribution >= 4 is 25.8 Å². The zero-order chi connectivity index (χ0) is 11.5. The summed E-state index contributed by atoms with van der Waals surface area (Å²) in [7, 11) is -3.19. The molecule has 0 saturated heterocycles. The largest absolute Gasteiger partial charge is 0.395 e. The third kappa shape index (κ3) is 3.59. The molecule has 0 bridgehead atoms. The van der Waals surface area contributed by atoms with Crippen molar-refractivity contribution in [3.63, 3.8) is 0 Å². The highest BCUT2D eigenvalue weighted by molar-refractivity contribution is 9.10. The van der Waals surface area contributed by atoms with E-state index in [0.29, 0.717) is 0 Å². The molecule has 0 radical (unpaired) electrons. The lowest BCUT2D eigenvalue weighted by Crippen LogP contribution is -2.12. The quantitative estimate of drug-likeness (QED) is 0.918. The fraction of sp³-hybridized carbons (Fsp3) is 0.400. The molecule has 5 heteroatoms.